The molecule has 0 radical (unpaired) electrons. The maximum atomic E-state index is 12.0. The van der Waals surface area contributed by atoms with Gasteiger partial charge in [0.05, 0.1) is 0 Å². The Morgan fingerprint density at radius 3 is 2.00 bits per heavy atom. The summed E-state index contributed by atoms with van der Waals surface area (Å²) in [6.45, 7) is 4.57. The minimum Gasteiger partial charge on any atom is -0.463 e. The molecule has 1 fully saturated rings. The summed E-state index contributed by atoms with van der Waals surface area (Å²) in [5.74, 6) is -2.52. The standard InChI is InChI=1S/C24H26O9S/c1-13(25)29-12-19-21(30-14(2)26)22(31-15(3)27)23(32-16(4)28)24(33-19)34-20-11-7-9-17-8-5-6-10-18(17)20/h5-11,19,21-24H,12H2,1-4H3/t19-,21+,22+,23+,24+/m1/s1. The summed E-state index contributed by atoms with van der Waals surface area (Å²) in [6.07, 6.45) is -4.44. The molecule has 34 heavy (non-hydrogen) atoms. The largest absolute Gasteiger partial charge is 0.463 e. The van der Waals surface area contributed by atoms with Gasteiger partial charge in [-0.3, -0.25) is 19.2 Å². The topological polar surface area (TPSA) is 114 Å². The summed E-state index contributed by atoms with van der Waals surface area (Å²) < 4.78 is 27.7. The van der Waals surface area contributed by atoms with Crippen molar-refractivity contribution in [2.75, 3.05) is 6.61 Å². The number of carbonyl (C=O) groups excluding carboxylic acids is 4. The average Bonchev–Trinajstić information content (AvgIpc) is 2.75. The Kier molecular flexibility index (Phi) is 8.51. The molecule has 182 valence electrons. The first kappa shape index (κ1) is 25.5. The summed E-state index contributed by atoms with van der Waals surface area (Å²) in [6, 6.07) is 13.5. The van der Waals surface area contributed by atoms with Crippen molar-refractivity contribution < 1.29 is 42.9 Å². The lowest BCUT2D eigenvalue weighted by Gasteiger charge is -2.44. The highest BCUT2D eigenvalue weighted by Gasteiger charge is 2.52. The number of ether oxygens (including phenoxy) is 5. The predicted molar refractivity (Wildman–Crippen MR) is 122 cm³/mol. The highest BCUT2D eigenvalue weighted by molar-refractivity contribution is 8.00. The van der Waals surface area contributed by atoms with Gasteiger partial charge in [0, 0.05) is 32.6 Å². The number of benzene rings is 2. The van der Waals surface area contributed by atoms with Gasteiger partial charge >= 0.3 is 23.9 Å². The molecule has 0 unspecified atom stereocenters. The Labute approximate surface area is 201 Å². The number of hydrogen-bond donors (Lipinski definition) is 0. The average molecular weight is 491 g/mol. The summed E-state index contributed by atoms with van der Waals surface area (Å²) in [5.41, 5.74) is -0.869. The van der Waals surface area contributed by atoms with Crippen molar-refractivity contribution in [3.8, 4) is 0 Å². The smallest absolute Gasteiger partial charge is 0.303 e. The summed E-state index contributed by atoms with van der Waals surface area (Å²) in [7, 11) is 0. The van der Waals surface area contributed by atoms with Crippen LogP contribution in [-0.4, -0.2) is 60.3 Å². The zero-order valence-corrected chi connectivity index (χ0v) is 20.0. The molecule has 2 aromatic rings. The Hall–Kier alpha value is -3.11. The first-order valence-corrected chi connectivity index (χ1v) is 11.5. The summed E-state index contributed by atoms with van der Waals surface area (Å²) in [4.78, 5) is 48.1. The first-order chi connectivity index (χ1) is 16.2. The van der Waals surface area contributed by atoms with E-state index < -0.39 is 53.7 Å². The van der Waals surface area contributed by atoms with E-state index in [1.165, 1.54) is 39.5 Å². The van der Waals surface area contributed by atoms with Crippen LogP contribution in [0.5, 0.6) is 0 Å². The SMILES string of the molecule is CC(=O)OC[C@H]1O[C@@H](Sc2cccc3ccccc23)[C@@H](OC(C)=O)[C@@H](OC(C)=O)[C@H]1OC(C)=O. The van der Waals surface area contributed by atoms with Crippen LogP contribution in [0.2, 0.25) is 0 Å². The predicted octanol–water partition coefficient (Wildman–Crippen LogP) is 3.02. The van der Waals surface area contributed by atoms with Crippen LogP contribution in [0.1, 0.15) is 27.7 Å². The fraction of sp³-hybridized carbons (Fsp3) is 0.417. The van der Waals surface area contributed by atoms with Crippen LogP contribution in [0.4, 0.5) is 0 Å². The van der Waals surface area contributed by atoms with E-state index in [1.807, 2.05) is 42.5 Å². The monoisotopic (exact) mass is 490 g/mol. The number of fused-ring (bicyclic) bond motifs is 1. The molecule has 1 saturated heterocycles. The van der Waals surface area contributed by atoms with Gasteiger partial charge in [0.1, 0.15) is 18.1 Å². The second-order valence-electron chi connectivity index (χ2n) is 7.66. The van der Waals surface area contributed by atoms with Gasteiger partial charge < -0.3 is 23.7 Å². The normalized spacial score (nSPS) is 24.2. The number of thioether (sulfide) groups is 1. The lowest BCUT2D eigenvalue weighted by atomic mass is 9.99. The molecule has 0 saturated carbocycles. The lowest BCUT2D eigenvalue weighted by molar-refractivity contribution is -0.237. The van der Waals surface area contributed by atoms with Gasteiger partial charge in [-0.1, -0.05) is 48.2 Å². The van der Waals surface area contributed by atoms with Gasteiger partial charge in [-0.25, -0.2) is 0 Å². The van der Waals surface area contributed by atoms with Gasteiger partial charge in [-0.05, 0) is 16.8 Å². The molecule has 2 aromatic carbocycles. The third-order valence-corrected chi connectivity index (χ3v) is 6.16. The van der Waals surface area contributed by atoms with Crippen LogP contribution >= 0.6 is 11.8 Å². The number of hydrogen-bond acceptors (Lipinski definition) is 10. The van der Waals surface area contributed by atoms with Crippen molar-refractivity contribution in [2.45, 2.75) is 62.4 Å². The highest BCUT2D eigenvalue weighted by Crippen LogP contribution is 2.39. The van der Waals surface area contributed by atoms with Crippen molar-refractivity contribution in [3.05, 3.63) is 42.5 Å². The van der Waals surface area contributed by atoms with E-state index in [0.29, 0.717) is 0 Å². The van der Waals surface area contributed by atoms with Crippen molar-refractivity contribution in [3.63, 3.8) is 0 Å². The highest BCUT2D eigenvalue weighted by atomic mass is 32.2. The van der Waals surface area contributed by atoms with E-state index in [1.54, 1.807) is 0 Å². The fourth-order valence-corrected chi connectivity index (χ4v) is 4.97. The van der Waals surface area contributed by atoms with E-state index in [9.17, 15) is 19.2 Å². The van der Waals surface area contributed by atoms with Gasteiger partial charge in [0.2, 0.25) is 0 Å². The molecule has 0 aliphatic carbocycles. The molecule has 5 atom stereocenters. The van der Waals surface area contributed by atoms with E-state index in [4.69, 9.17) is 23.7 Å². The Balaban J connectivity index is 2.03. The number of esters is 4. The second kappa shape index (κ2) is 11.3. The summed E-state index contributed by atoms with van der Waals surface area (Å²) in [5, 5.41) is 1.95. The minimum absolute atomic E-state index is 0.259. The van der Waals surface area contributed by atoms with Crippen molar-refractivity contribution in [1.82, 2.24) is 0 Å². The molecule has 0 spiro atoms. The second-order valence-corrected chi connectivity index (χ2v) is 8.80. The molecule has 0 N–H and O–H groups in total. The Morgan fingerprint density at radius 2 is 1.35 bits per heavy atom. The molecule has 0 aromatic heterocycles. The Morgan fingerprint density at radius 1 is 0.765 bits per heavy atom. The van der Waals surface area contributed by atoms with E-state index in [-0.39, 0.29) is 6.61 Å². The van der Waals surface area contributed by atoms with Gasteiger partial charge in [0.25, 0.3) is 0 Å². The van der Waals surface area contributed by atoms with Crippen molar-refractivity contribution in [2.24, 2.45) is 0 Å². The summed E-state index contributed by atoms with van der Waals surface area (Å²) >= 11 is 1.26. The molecule has 9 nitrogen and oxygen atoms in total. The van der Waals surface area contributed by atoms with Crippen LogP contribution in [0.25, 0.3) is 10.8 Å². The van der Waals surface area contributed by atoms with Crippen LogP contribution < -0.4 is 0 Å². The quantitative estimate of drug-likeness (QED) is 0.424. The van der Waals surface area contributed by atoms with Gasteiger partial charge in [-0.15, -0.1) is 0 Å². The first-order valence-electron chi connectivity index (χ1n) is 10.6. The molecule has 10 heteroatoms. The number of rotatable bonds is 7. The minimum atomic E-state index is -1.19. The molecule has 0 amide bonds. The van der Waals surface area contributed by atoms with Crippen molar-refractivity contribution in [1.29, 1.82) is 0 Å². The van der Waals surface area contributed by atoms with E-state index in [0.717, 1.165) is 15.7 Å². The molecular weight excluding hydrogens is 464 g/mol. The molecule has 0 bridgehead atoms. The van der Waals surface area contributed by atoms with Gasteiger partial charge in [-0.2, -0.15) is 0 Å². The molecular formula is C24H26O9S. The maximum Gasteiger partial charge on any atom is 0.303 e. The molecule has 1 aliphatic rings. The molecule has 1 heterocycles. The van der Waals surface area contributed by atoms with Crippen LogP contribution in [0.3, 0.4) is 0 Å². The van der Waals surface area contributed by atoms with Crippen LogP contribution in [-0.2, 0) is 42.9 Å². The van der Waals surface area contributed by atoms with Crippen molar-refractivity contribution >= 4 is 46.4 Å². The van der Waals surface area contributed by atoms with Crippen LogP contribution in [0, 0.1) is 0 Å². The third-order valence-electron chi connectivity index (χ3n) is 4.94. The maximum absolute atomic E-state index is 12.0. The third kappa shape index (κ3) is 6.48. The fourth-order valence-electron chi connectivity index (χ4n) is 3.71. The van der Waals surface area contributed by atoms with E-state index >= 15 is 0 Å². The zero-order chi connectivity index (χ0) is 24.8. The molecule has 1 aliphatic heterocycles. The van der Waals surface area contributed by atoms with Gasteiger partial charge in [0.15, 0.2) is 18.3 Å². The van der Waals surface area contributed by atoms with Crippen LogP contribution in [0.15, 0.2) is 47.4 Å². The zero-order valence-electron chi connectivity index (χ0n) is 19.2. The Bertz CT molecular complexity index is 1060. The van der Waals surface area contributed by atoms with E-state index in [2.05, 4.69) is 0 Å². The number of carbonyl (C=O) groups is 4. The molecule has 3 rings (SSSR count). The lowest BCUT2D eigenvalue weighted by Crippen LogP contribution is -2.61.